The molecule has 0 unspecified atom stereocenters. The second kappa shape index (κ2) is 6.83. The number of rotatable bonds is 5. The molecule has 5 nitrogen and oxygen atoms in total. The van der Waals surface area contributed by atoms with Crippen LogP contribution in [-0.2, 0) is 9.59 Å². The molecule has 1 rings (SSSR count). The zero-order valence-electron chi connectivity index (χ0n) is 9.45. The number of carboxylic acids is 1. The van der Waals surface area contributed by atoms with Crippen LogP contribution < -0.4 is 5.73 Å². The molecule has 0 saturated carbocycles. The second-order valence-electron chi connectivity index (χ2n) is 3.50. The lowest BCUT2D eigenvalue weighted by Crippen LogP contribution is -2.32. The molecule has 18 heavy (non-hydrogen) atoms. The average molecular weight is 267 g/mol. The standard InChI is InChI=1S/C12H13NO4S/c13-10(12(16)17)7-18-11(15)6-3-8-1-4-9(14)5-2-8/h1-6,10,14H,7,13H2,(H,16,17)/b6-3+/t10-/m0/s1. The number of nitrogens with two attached hydrogens (primary N) is 1. The Morgan fingerprint density at radius 3 is 2.50 bits per heavy atom. The predicted molar refractivity (Wildman–Crippen MR) is 70.2 cm³/mol. The Bertz CT molecular complexity index is 456. The van der Waals surface area contributed by atoms with Crippen LogP contribution in [0.5, 0.6) is 5.75 Å². The Morgan fingerprint density at radius 2 is 1.94 bits per heavy atom. The summed E-state index contributed by atoms with van der Waals surface area (Å²) >= 11 is 0.854. The van der Waals surface area contributed by atoms with Crippen molar-refractivity contribution in [3.05, 3.63) is 35.9 Å². The van der Waals surface area contributed by atoms with Crippen molar-refractivity contribution in [2.75, 3.05) is 5.75 Å². The maximum absolute atomic E-state index is 11.4. The largest absolute Gasteiger partial charge is 0.508 e. The van der Waals surface area contributed by atoms with Crippen molar-refractivity contribution in [3.63, 3.8) is 0 Å². The summed E-state index contributed by atoms with van der Waals surface area (Å²) in [5.74, 6) is -0.938. The first-order valence-electron chi connectivity index (χ1n) is 5.11. The molecule has 0 bridgehead atoms. The molecule has 96 valence electrons. The summed E-state index contributed by atoms with van der Waals surface area (Å²) in [6, 6.07) is 5.30. The molecular weight excluding hydrogens is 254 g/mol. The van der Waals surface area contributed by atoms with Crippen LogP contribution in [0.1, 0.15) is 5.56 Å². The van der Waals surface area contributed by atoms with Crippen LogP contribution in [0.4, 0.5) is 0 Å². The first-order chi connectivity index (χ1) is 8.49. The molecule has 0 saturated heterocycles. The Hall–Kier alpha value is -1.79. The van der Waals surface area contributed by atoms with Crippen LogP contribution in [0, 0.1) is 0 Å². The lowest BCUT2D eigenvalue weighted by atomic mass is 10.2. The minimum atomic E-state index is -1.13. The molecule has 1 atom stereocenters. The minimum Gasteiger partial charge on any atom is -0.508 e. The second-order valence-corrected chi connectivity index (χ2v) is 4.52. The lowest BCUT2D eigenvalue weighted by molar-refractivity contribution is -0.137. The number of benzene rings is 1. The highest BCUT2D eigenvalue weighted by atomic mass is 32.2. The first-order valence-corrected chi connectivity index (χ1v) is 6.10. The lowest BCUT2D eigenvalue weighted by Gasteiger charge is -2.02. The Balaban J connectivity index is 2.45. The highest BCUT2D eigenvalue weighted by molar-refractivity contribution is 8.14. The molecular formula is C12H13NO4S. The maximum Gasteiger partial charge on any atom is 0.321 e. The van der Waals surface area contributed by atoms with Gasteiger partial charge in [-0.25, -0.2) is 0 Å². The molecule has 1 aromatic rings. The number of hydrogen-bond donors (Lipinski definition) is 3. The van der Waals surface area contributed by atoms with E-state index in [-0.39, 0.29) is 16.6 Å². The van der Waals surface area contributed by atoms with Gasteiger partial charge in [0.1, 0.15) is 11.8 Å². The normalized spacial score (nSPS) is 12.5. The van der Waals surface area contributed by atoms with Crippen LogP contribution in [-0.4, -0.2) is 33.1 Å². The zero-order valence-corrected chi connectivity index (χ0v) is 10.3. The number of carbonyl (C=O) groups is 2. The summed E-state index contributed by atoms with van der Waals surface area (Å²) in [7, 11) is 0. The van der Waals surface area contributed by atoms with Crippen molar-refractivity contribution in [1.82, 2.24) is 0 Å². The summed E-state index contributed by atoms with van der Waals surface area (Å²) in [5, 5.41) is 17.3. The summed E-state index contributed by atoms with van der Waals surface area (Å²) < 4.78 is 0. The topological polar surface area (TPSA) is 101 Å². The third kappa shape index (κ3) is 5.03. The van der Waals surface area contributed by atoms with E-state index in [0.29, 0.717) is 0 Å². The molecule has 0 aliphatic rings. The highest BCUT2D eigenvalue weighted by Crippen LogP contribution is 2.12. The molecule has 0 heterocycles. The minimum absolute atomic E-state index is 0.0358. The fraction of sp³-hybridized carbons (Fsp3) is 0.167. The summed E-state index contributed by atoms with van der Waals surface area (Å²) in [5.41, 5.74) is 6.03. The Labute approximate surface area is 108 Å². The molecule has 0 aliphatic carbocycles. The zero-order chi connectivity index (χ0) is 13.5. The van der Waals surface area contributed by atoms with Gasteiger partial charge in [0.2, 0.25) is 5.12 Å². The van der Waals surface area contributed by atoms with E-state index in [0.717, 1.165) is 17.3 Å². The van der Waals surface area contributed by atoms with E-state index in [9.17, 15) is 9.59 Å². The molecule has 0 amide bonds. The highest BCUT2D eigenvalue weighted by Gasteiger charge is 2.12. The van der Waals surface area contributed by atoms with Gasteiger partial charge in [-0.2, -0.15) is 0 Å². The van der Waals surface area contributed by atoms with Gasteiger partial charge in [-0.3, -0.25) is 9.59 Å². The van der Waals surface area contributed by atoms with Crippen molar-refractivity contribution < 1.29 is 19.8 Å². The molecule has 4 N–H and O–H groups in total. The van der Waals surface area contributed by atoms with E-state index in [1.807, 2.05) is 0 Å². The number of carboxylic acid groups (broad SMARTS) is 1. The number of thioether (sulfide) groups is 1. The molecule has 0 aromatic heterocycles. The van der Waals surface area contributed by atoms with E-state index in [4.69, 9.17) is 15.9 Å². The van der Waals surface area contributed by atoms with Crippen LogP contribution in [0.2, 0.25) is 0 Å². The van der Waals surface area contributed by atoms with E-state index >= 15 is 0 Å². The van der Waals surface area contributed by atoms with Crippen LogP contribution in [0.15, 0.2) is 30.3 Å². The van der Waals surface area contributed by atoms with Crippen LogP contribution in [0.25, 0.3) is 6.08 Å². The fourth-order valence-corrected chi connectivity index (χ4v) is 1.69. The number of carbonyl (C=O) groups excluding carboxylic acids is 1. The maximum atomic E-state index is 11.4. The molecule has 0 spiro atoms. The van der Waals surface area contributed by atoms with E-state index in [1.54, 1.807) is 18.2 Å². The third-order valence-electron chi connectivity index (χ3n) is 2.03. The van der Waals surface area contributed by atoms with E-state index in [2.05, 4.69) is 0 Å². The van der Waals surface area contributed by atoms with Gasteiger partial charge in [-0.15, -0.1) is 0 Å². The number of hydrogen-bond acceptors (Lipinski definition) is 5. The number of aliphatic carboxylic acids is 1. The molecule has 6 heteroatoms. The van der Waals surface area contributed by atoms with Crippen molar-refractivity contribution in [2.45, 2.75) is 6.04 Å². The monoisotopic (exact) mass is 267 g/mol. The van der Waals surface area contributed by atoms with Gasteiger partial charge in [-0.05, 0) is 23.8 Å². The van der Waals surface area contributed by atoms with Crippen molar-refractivity contribution in [2.24, 2.45) is 5.73 Å². The van der Waals surface area contributed by atoms with Gasteiger partial charge in [0.05, 0.1) is 0 Å². The molecule has 0 aliphatic heterocycles. The smallest absolute Gasteiger partial charge is 0.321 e. The van der Waals surface area contributed by atoms with Gasteiger partial charge in [0.15, 0.2) is 0 Å². The summed E-state index contributed by atoms with van der Waals surface area (Å²) in [4.78, 5) is 21.8. The van der Waals surface area contributed by atoms with Crippen LogP contribution >= 0.6 is 11.8 Å². The Morgan fingerprint density at radius 1 is 1.33 bits per heavy atom. The van der Waals surface area contributed by atoms with Gasteiger partial charge < -0.3 is 15.9 Å². The van der Waals surface area contributed by atoms with Gasteiger partial charge in [-0.1, -0.05) is 30.0 Å². The van der Waals surface area contributed by atoms with E-state index < -0.39 is 12.0 Å². The average Bonchev–Trinajstić information content (AvgIpc) is 2.35. The number of phenols is 1. The first kappa shape index (κ1) is 14.3. The van der Waals surface area contributed by atoms with Gasteiger partial charge in [0, 0.05) is 5.75 Å². The quantitative estimate of drug-likeness (QED) is 0.690. The van der Waals surface area contributed by atoms with E-state index in [1.165, 1.54) is 18.2 Å². The molecule has 1 aromatic carbocycles. The summed E-state index contributed by atoms with van der Waals surface area (Å²) in [6.45, 7) is 0. The summed E-state index contributed by atoms with van der Waals surface area (Å²) in [6.07, 6.45) is 2.92. The molecule has 0 fully saturated rings. The van der Waals surface area contributed by atoms with Crippen molar-refractivity contribution in [1.29, 1.82) is 0 Å². The molecule has 0 radical (unpaired) electrons. The van der Waals surface area contributed by atoms with Gasteiger partial charge >= 0.3 is 5.97 Å². The number of aromatic hydroxyl groups is 1. The third-order valence-corrected chi connectivity index (χ3v) is 2.97. The SMILES string of the molecule is N[C@@H](CSC(=O)/C=C/c1ccc(O)cc1)C(=O)O. The van der Waals surface area contributed by atoms with Crippen molar-refractivity contribution in [3.8, 4) is 5.75 Å². The Kier molecular flexibility index (Phi) is 5.41. The van der Waals surface area contributed by atoms with Crippen LogP contribution in [0.3, 0.4) is 0 Å². The predicted octanol–water partition coefficient (Wildman–Crippen LogP) is 1.08. The fourth-order valence-electron chi connectivity index (χ4n) is 1.04. The number of phenolic OH excluding ortho intramolecular Hbond substituents is 1. The van der Waals surface area contributed by atoms with Gasteiger partial charge in [0.25, 0.3) is 0 Å². The van der Waals surface area contributed by atoms with Crippen molar-refractivity contribution >= 4 is 28.9 Å².